The van der Waals surface area contributed by atoms with Crippen LogP contribution >= 0.6 is 23.2 Å². The average Bonchev–Trinajstić information content (AvgIpc) is 2.42. The second-order valence-corrected chi connectivity index (χ2v) is 4.73. The van der Waals surface area contributed by atoms with E-state index >= 15 is 0 Å². The Morgan fingerprint density at radius 1 is 1.15 bits per heavy atom. The first-order valence-corrected chi connectivity index (χ1v) is 6.28. The van der Waals surface area contributed by atoms with Gasteiger partial charge in [-0.05, 0) is 24.3 Å². The van der Waals surface area contributed by atoms with Crippen molar-refractivity contribution in [3.63, 3.8) is 0 Å². The Bertz CT molecular complexity index is 661. The highest BCUT2D eigenvalue weighted by Crippen LogP contribution is 2.34. The molecule has 104 valence electrons. The number of halogens is 2. The number of nitro benzene ring substituents is 1. The molecule has 0 spiro atoms. The maximum atomic E-state index is 10.7. The molecule has 0 saturated carbocycles. The average molecular weight is 314 g/mol. The van der Waals surface area contributed by atoms with Crippen molar-refractivity contribution in [1.82, 2.24) is 0 Å². The van der Waals surface area contributed by atoms with Gasteiger partial charge in [-0.3, -0.25) is 10.1 Å². The molecule has 0 heterocycles. The third-order valence-electron chi connectivity index (χ3n) is 2.54. The molecule has 0 saturated heterocycles. The first-order valence-electron chi connectivity index (χ1n) is 5.52. The maximum Gasteiger partial charge on any atom is 0.270 e. The van der Waals surface area contributed by atoms with Gasteiger partial charge in [0.2, 0.25) is 0 Å². The molecule has 0 radical (unpaired) electrons. The zero-order valence-corrected chi connectivity index (χ0v) is 11.6. The summed E-state index contributed by atoms with van der Waals surface area (Å²) in [6.45, 7) is -0.387. The van der Waals surface area contributed by atoms with Gasteiger partial charge < -0.3 is 9.84 Å². The van der Waals surface area contributed by atoms with Gasteiger partial charge in [0.05, 0.1) is 16.6 Å². The fourth-order valence-corrected chi connectivity index (χ4v) is 2.03. The third kappa shape index (κ3) is 3.19. The predicted molar refractivity (Wildman–Crippen MR) is 75.6 cm³/mol. The van der Waals surface area contributed by atoms with Gasteiger partial charge in [-0.1, -0.05) is 23.2 Å². The van der Waals surface area contributed by atoms with E-state index in [1.807, 2.05) is 0 Å². The number of benzene rings is 2. The minimum atomic E-state index is -0.543. The Kier molecular flexibility index (Phi) is 4.44. The molecule has 0 aliphatic heterocycles. The maximum absolute atomic E-state index is 10.7. The highest BCUT2D eigenvalue weighted by molar-refractivity contribution is 6.35. The summed E-state index contributed by atoms with van der Waals surface area (Å²) in [5.41, 5.74) is 0.175. The molecule has 2 rings (SSSR count). The summed E-state index contributed by atoms with van der Waals surface area (Å²) in [5, 5.41) is 20.7. The second kappa shape index (κ2) is 6.09. The summed E-state index contributed by atoms with van der Waals surface area (Å²) in [4.78, 5) is 10.1. The van der Waals surface area contributed by atoms with Crippen molar-refractivity contribution in [2.45, 2.75) is 6.61 Å². The molecule has 0 bridgehead atoms. The van der Waals surface area contributed by atoms with E-state index in [1.54, 1.807) is 12.1 Å². The van der Waals surface area contributed by atoms with E-state index in [0.29, 0.717) is 27.1 Å². The number of non-ortho nitro benzene ring substituents is 1. The molecule has 5 nitrogen and oxygen atoms in total. The van der Waals surface area contributed by atoms with Crippen molar-refractivity contribution in [2.24, 2.45) is 0 Å². The van der Waals surface area contributed by atoms with E-state index in [-0.39, 0.29) is 12.3 Å². The van der Waals surface area contributed by atoms with Crippen LogP contribution in [0.15, 0.2) is 36.4 Å². The Balaban J connectivity index is 2.35. The third-order valence-corrected chi connectivity index (χ3v) is 3.07. The minimum absolute atomic E-state index is 0.122. The van der Waals surface area contributed by atoms with Crippen molar-refractivity contribution in [3.05, 3.63) is 62.1 Å². The largest absolute Gasteiger partial charge is 0.455 e. The van der Waals surface area contributed by atoms with Gasteiger partial charge in [-0.15, -0.1) is 0 Å². The Morgan fingerprint density at radius 3 is 2.45 bits per heavy atom. The lowest BCUT2D eigenvalue weighted by Gasteiger charge is -2.11. The van der Waals surface area contributed by atoms with E-state index in [0.717, 1.165) is 0 Å². The van der Waals surface area contributed by atoms with Crippen LogP contribution in [0, 0.1) is 10.1 Å². The highest BCUT2D eigenvalue weighted by atomic mass is 35.5. The molecule has 0 aromatic heterocycles. The van der Waals surface area contributed by atoms with Crippen LogP contribution in [0.2, 0.25) is 10.0 Å². The number of ether oxygens (including phenoxy) is 1. The van der Waals surface area contributed by atoms with Crippen molar-refractivity contribution in [3.8, 4) is 11.5 Å². The molecule has 0 unspecified atom stereocenters. The van der Waals surface area contributed by atoms with E-state index in [9.17, 15) is 15.2 Å². The summed E-state index contributed by atoms with van der Waals surface area (Å²) in [7, 11) is 0. The number of rotatable bonds is 4. The van der Waals surface area contributed by atoms with Crippen molar-refractivity contribution in [1.29, 1.82) is 0 Å². The summed E-state index contributed by atoms with van der Waals surface area (Å²) >= 11 is 11.8. The van der Waals surface area contributed by atoms with Crippen LogP contribution in [-0.4, -0.2) is 10.0 Å². The Morgan fingerprint density at radius 2 is 1.85 bits per heavy atom. The first-order chi connectivity index (χ1) is 9.51. The van der Waals surface area contributed by atoms with Crippen LogP contribution in [0.1, 0.15) is 5.56 Å². The molecular formula is C13H9Cl2NO4. The molecule has 0 aliphatic rings. The van der Waals surface area contributed by atoms with E-state index in [1.165, 1.54) is 24.3 Å². The SMILES string of the molecule is O=[N+]([O-])c1ccc(Oc2ccc(Cl)cc2Cl)c(CO)c1. The van der Waals surface area contributed by atoms with Crippen molar-refractivity contribution in [2.75, 3.05) is 0 Å². The van der Waals surface area contributed by atoms with Gasteiger partial charge in [-0.25, -0.2) is 0 Å². The molecule has 0 atom stereocenters. The molecule has 2 aromatic carbocycles. The molecule has 1 N–H and O–H groups in total. The topological polar surface area (TPSA) is 72.6 Å². The Labute approximate surface area is 124 Å². The smallest absolute Gasteiger partial charge is 0.270 e. The van der Waals surface area contributed by atoms with Crippen LogP contribution < -0.4 is 4.74 Å². The normalized spacial score (nSPS) is 10.3. The zero-order valence-electron chi connectivity index (χ0n) is 10.0. The van der Waals surface area contributed by atoms with Gasteiger partial charge in [0.25, 0.3) is 5.69 Å². The van der Waals surface area contributed by atoms with Crippen LogP contribution in [-0.2, 0) is 6.61 Å². The molecule has 0 fully saturated rings. The van der Waals surface area contributed by atoms with Crippen molar-refractivity contribution >= 4 is 28.9 Å². The lowest BCUT2D eigenvalue weighted by atomic mass is 10.2. The van der Waals surface area contributed by atoms with Crippen molar-refractivity contribution < 1.29 is 14.8 Å². The van der Waals surface area contributed by atoms with Gasteiger partial charge in [0, 0.05) is 22.7 Å². The molecule has 0 amide bonds. The van der Waals surface area contributed by atoms with E-state index in [4.69, 9.17) is 27.9 Å². The van der Waals surface area contributed by atoms with Gasteiger partial charge in [0.15, 0.2) is 0 Å². The zero-order chi connectivity index (χ0) is 14.7. The van der Waals surface area contributed by atoms with Crippen LogP contribution in [0.5, 0.6) is 11.5 Å². The molecule has 0 aliphatic carbocycles. The summed E-state index contributed by atoms with van der Waals surface area (Å²) in [6, 6.07) is 8.65. The van der Waals surface area contributed by atoms with Gasteiger partial charge in [0.1, 0.15) is 11.5 Å². The van der Waals surface area contributed by atoms with Crippen LogP contribution in [0.25, 0.3) is 0 Å². The number of aliphatic hydroxyl groups excluding tert-OH is 1. The van der Waals surface area contributed by atoms with Crippen LogP contribution in [0.3, 0.4) is 0 Å². The number of nitro groups is 1. The van der Waals surface area contributed by atoms with Gasteiger partial charge >= 0.3 is 0 Å². The fourth-order valence-electron chi connectivity index (χ4n) is 1.58. The quantitative estimate of drug-likeness (QED) is 0.678. The number of nitrogens with zero attached hydrogens (tertiary/aromatic N) is 1. The molecular weight excluding hydrogens is 305 g/mol. The Hall–Kier alpha value is -1.82. The van der Waals surface area contributed by atoms with E-state index in [2.05, 4.69) is 0 Å². The molecule has 2 aromatic rings. The number of aliphatic hydroxyl groups is 1. The lowest BCUT2D eigenvalue weighted by molar-refractivity contribution is -0.385. The first kappa shape index (κ1) is 14.6. The second-order valence-electron chi connectivity index (χ2n) is 3.88. The lowest BCUT2D eigenvalue weighted by Crippen LogP contribution is -1.95. The summed E-state index contributed by atoms with van der Waals surface area (Å²) < 4.78 is 5.55. The molecule has 7 heteroatoms. The standard InChI is InChI=1S/C13H9Cl2NO4/c14-9-1-3-13(11(15)6-9)20-12-4-2-10(16(18)19)5-8(12)7-17/h1-6,17H,7H2. The monoisotopic (exact) mass is 313 g/mol. The summed E-state index contributed by atoms with van der Waals surface area (Å²) in [6.07, 6.45) is 0. The highest BCUT2D eigenvalue weighted by Gasteiger charge is 2.13. The minimum Gasteiger partial charge on any atom is -0.455 e. The summed E-state index contributed by atoms with van der Waals surface area (Å²) in [5.74, 6) is 0.641. The number of hydrogen-bond donors (Lipinski definition) is 1. The number of hydrogen-bond acceptors (Lipinski definition) is 4. The molecule has 20 heavy (non-hydrogen) atoms. The fraction of sp³-hybridized carbons (Fsp3) is 0.0769. The van der Waals surface area contributed by atoms with Crippen LogP contribution in [0.4, 0.5) is 5.69 Å². The van der Waals surface area contributed by atoms with E-state index < -0.39 is 4.92 Å². The predicted octanol–water partition coefficient (Wildman–Crippen LogP) is 4.19. The van der Waals surface area contributed by atoms with Gasteiger partial charge in [-0.2, -0.15) is 0 Å².